The van der Waals surface area contributed by atoms with Gasteiger partial charge in [0.15, 0.2) is 6.10 Å². The van der Waals surface area contributed by atoms with Gasteiger partial charge in [-0.1, -0.05) is 23.2 Å². The van der Waals surface area contributed by atoms with Crippen LogP contribution < -0.4 is 10.1 Å². The Morgan fingerprint density at radius 1 is 1.11 bits per heavy atom. The molecule has 0 saturated carbocycles. The SMILES string of the molecule is CC(Oc1ccc(Cl)cc1Cl)C(=O)Nc1ccc(C(=O)N2CCOCC2)cc1. The molecule has 6 nitrogen and oxygen atoms in total. The van der Waals surface area contributed by atoms with E-state index in [1.54, 1.807) is 54.3 Å². The van der Waals surface area contributed by atoms with Gasteiger partial charge in [-0.3, -0.25) is 9.59 Å². The molecule has 1 aliphatic heterocycles. The average Bonchev–Trinajstić information content (AvgIpc) is 2.70. The van der Waals surface area contributed by atoms with Crippen LogP contribution in [-0.4, -0.2) is 49.1 Å². The third kappa shape index (κ3) is 5.16. The predicted octanol–water partition coefficient (Wildman–Crippen LogP) is 3.87. The molecule has 8 heteroatoms. The summed E-state index contributed by atoms with van der Waals surface area (Å²) >= 11 is 11.9. The van der Waals surface area contributed by atoms with Crippen molar-refractivity contribution in [2.45, 2.75) is 13.0 Å². The average molecular weight is 423 g/mol. The summed E-state index contributed by atoms with van der Waals surface area (Å²) in [4.78, 5) is 26.6. The van der Waals surface area contributed by atoms with E-state index in [1.807, 2.05) is 0 Å². The molecular weight excluding hydrogens is 403 g/mol. The predicted molar refractivity (Wildman–Crippen MR) is 108 cm³/mol. The minimum absolute atomic E-state index is 0.0461. The molecule has 0 bridgehead atoms. The van der Waals surface area contributed by atoms with Crippen LogP contribution >= 0.6 is 23.2 Å². The number of carbonyl (C=O) groups is 2. The third-order valence-corrected chi connectivity index (χ3v) is 4.80. The summed E-state index contributed by atoms with van der Waals surface area (Å²) in [5, 5.41) is 3.58. The molecule has 0 aromatic heterocycles. The van der Waals surface area contributed by atoms with Crippen LogP contribution in [0.15, 0.2) is 42.5 Å². The van der Waals surface area contributed by atoms with Crippen molar-refractivity contribution in [1.29, 1.82) is 0 Å². The Morgan fingerprint density at radius 3 is 2.43 bits per heavy atom. The zero-order valence-electron chi connectivity index (χ0n) is 15.3. The number of rotatable bonds is 5. The fraction of sp³-hybridized carbons (Fsp3) is 0.300. The Kier molecular flexibility index (Phi) is 6.78. The molecule has 0 aliphatic carbocycles. The Morgan fingerprint density at radius 2 is 1.79 bits per heavy atom. The first-order valence-corrected chi connectivity index (χ1v) is 9.59. The van der Waals surface area contributed by atoms with Crippen LogP contribution in [0.2, 0.25) is 10.0 Å². The second-order valence-electron chi connectivity index (χ2n) is 6.31. The van der Waals surface area contributed by atoms with Gasteiger partial charge in [-0.05, 0) is 49.4 Å². The van der Waals surface area contributed by atoms with Crippen molar-refractivity contribution in [3.05, 3.63) is 58.1 Å². The summed E-state index contributed by atoms with van der Waals surface area (Å²) in [6, 6.07) is 11.6. The van der Waals surface area contributed by atoms with Gasteiger partial charge in [0.25, 0.3) is 11.8 Å². The standard InChI is InChI=1S/C20H20Cl2N2O4/c1-13(28-18-7-4-15(21)12-17(18)22)19(25)23-16-5-2-14(3-6-16)20(26)24-8-10-27-11-9-24/h2-7,12-13H,8-11H2,1H3,(H,23,25). The molecule has 1 unspecified atom stereocenters. The highest BCUT2D eigenvalue weighted by Gasteiger charge is 2.19. The quantitative estimate of drug-likeness (QED) is 0.793. The molecule has 1 atom stereocenters. The third-order valence-electron chi connectivity index (χ3n) is 4.26. The summed E-state index contributed by atoms with van der Waals surface area (Å²) in [7, 11) is 0. The lowest BCUT2D eigenvalue weighted by Gasteiger charge is -2.26. The van der Waals surface area contributed by atoms with Crippen molar-refractivity contribution in [3.8, 4) is 5.75 Å². The Balaban J connectivity index is 1.58. The maximum atomic E-state index is 12.4. The first-order chi connectivity index (χ1) is 13.4. The summed E-state index contributed by atoms with van der Waals surface area (Å²) in [5.41, 5.74) is 1.14. The zero-order valence-corrected chi connectivity index (χ0v) is 16.8. The van der Waals surface area contributed by atoms with E-state index >= 15 is 0 Å². The second kappa shape index (κ2) is 9.28. The van der Waals surface area contributed by atoms with Crippen LogP contribution in [0.4, 0.5) is 5.69 Å². The van der Waals surface area contributed by atoms with Crippen LogP contribution in [0.1, 0.15) is 17.3 Å². The van der Waals surface area contributed by atoms with Gasteiger partial charge in [0, 0.05) is 29.4 Å². The van der Waals surface area contributed by atoms with Crippen molar-refractivity contribution < 1.29 is 19.1 Å². The molecule has 2 aromatic rings. The largest absolute Gasteiger partial charge is 0.479 e. The topological polar surface area (TPSA) is 67.9 Å². The number of ether oxygens (including phenoxy) is 2. The molecule has 1 heterocycles. The van der Waals surface area contributed by atoms with E-state index in [0.29, 0.717) is 53.3 Å². The fourth-order valence-electron chi connectivity index (χ4n) is 2.70. The maximum Gasteiger partial charge on any atom is 0.265 e. The Labute approximate surface area is 173 Å². The molecule has 1 N–H and O–H groups in total. The number of halogens is 2. The highest BCUT2D eigenvalue weighted by atomic mass is 35.5. The molecule has 2 amide bonds. The first kappa shape index (κ1) is 20.5. The highest BCUT2D eigenvalue weighted by Crippen LogP contribution is 2.28. The van der Waals surface area contributed by atoms with E-state index in [2.05, 4.69) is 5.32 Å². The van der Waals surface area contributed by atoms with Crippen LogP contribution in [0, 0.1) is 0 Å². The smallest absolute Gasteiger partial charge is 0.265 e. The number of benzene rings is 2. The molecule has 1 aliphatic rings. The molecule has 28 heavy (non-hydrogen) atoms. The number of hydrogen-bond acceptors (Lipinski definition) is 4. The Bertz CT molecular complexity index is 852. The van der Waals surface area contributed by atoms with E-state index in [9.17, 15) is 9.59 Å². The fourth-order valence-corrected chi connectivity index (χ4v) is 3.16. The summed E-state index contributed by atoms with van der Waals surface area (Å²) < 4.78 is 10.9. The number of anilines is 1. The molecule has 0 radical (unpaired) electrons. The highest BCUT2D eigenvalue weighted by molar-refractivity contribution is 6.35. The van der Waals surface area contributed by atoms with E-state index in [0.717, 1.165) is 0 Å². The van der Waals surface area contributed by atoms with Crippen LogP contribution in [0.5, 0.6) is 5.75 Å². The minimum atomic E-state index is -0.770. The van der Waals surface area contributed by atoms with Gasteiger partial charge in [-0.25, -0.2) is 0 Å². The first-order valence-electron chi connectivity index (χ1n) is 8.83. The van der Waals surface area contributed by atoms with Crippen molar-refractivity contribution in [1.82, 2.24) is 4.90 Å². The summed E-state index contributed by atoms with van der Waals surface area (Å²) in [6.45, 7) is 3.89. The van der Waals surface area contributed by atoms with E-state index in [1.165, 1.54) is 0 Å². The number of nitrogens with zero attached hydrogens (tertiary/aromatic N) is 1. The number of amides is 2. The summed E-state index contributed by atoms with van der Waals surface area (Å²) in [6.07, 6.45) is -0.770. The number of carbonyl (C=O) groups excluding carboxylic acids is 2. The Hall–Kier alpha value is -2.28. The van der Waals surface area contributed by atoms with Crippen molar-refractivity contribution in [2.75, 3.05) is 31.6 Å². The molecule has 148 valence electrons. The van der Waals surface area contributed by atoms with Crippen molar-refractivity contribution in [2.24, 2.45) is 0 Å². The lowest BCUT2D eigenvalue weighted by atomic mass is 10.1. The molecule has 1 saturated heterocycles. The van der Waals surface area contributed by atoms with E-state index in [-0.39, 0.29) is 11.8 Å². The molecule has 3 rings (SSSR count). The van der Waals surface area contributed by atoms with Gasteiger partial charge >= 0.3 is 0 Å². The van der Waals surface area contributed by atoms with Crippen LogP contribution in [0.3, 0.4) is 0 Å². The summed E-state index contributed by atoms with van der Waals surface area (Å²) in [5.74, 6) is -0.00583. The molecule has 1 fully saturated rings. The molecule has 0 spiro atoms. The molecular formula is C20H20Cl2N2O4. The van der Waals surface area contributed by atoms with Gasteiger partial charge in [0.1, 0.15) is 5.75 Å². The van der Waals surface area contributed by atoms with Gasteiger partial charge in [0.05, 0.1) is 18.2 Å². The van der Waals surface area contributed by atoms with Crippen LogP contribution in [0.25, 0.3) is 0 Å². The van der Waals surface area contributed by atoms with Gasteiger partial charge in [-0.2, -0.15) is 0 Å². The van der Waals surface area contributed by atoms with E-state index in [4.69, 9.17) is 32.7 Å². The molecule has 2 aromatic carbocycles. The van der Waals surface area contributed by atoms with Gasteiger partial charge in [-0.15, -0.1) is 0 Å². The zero-order chi connectivity index (χ0) is 20.1. The number of nitrogens with one attached hydrogen (secondary N) is 1. The van der Waals surface area contributed by atoms with Crippen molar-refractivity contribution in [3.63, 3.8) is 0 Å². The van der Waals surface area contributed by atoms with Gasteiger partial charge < -0.3 is 19.7 Å². The number of hydrogen-bond donors (Lipinski definition) is 1. The second-order valence-corrected chi connectivity index (χ2v) is 7.15. The lowest BCUT2D eigenvalue weighted by Crippen LogP contribution is -2.40. The van der Waals surface area contributed by atoms with E-state index < -0.39 is 6.10 Å². The normalized spacial score (nSPS) is 15.0. The minimum Gasteiger partial charge on any atom is -0.479 e. The maximum absolute atomic E-state index is 12.4. The van der Waals surface area contributed by atoms with Gasteiger partial charge in [0.2, 0.25) is 0 Å². The monoisotopic (exact) mass is 422 g/mol. The lowest BCUT2D eigenvalue weighted by molar-refractivity contribution is -0.122. The van der Waals surface area contributed by atoms with Crippen molar-refractivity contribution >= 4 is 40.7 Å². The number of morpholine rings is 1. The van der Waals surface area contributed by atoms with Crippen LogP contribution in [-0.2, 0) is 9.53 Å².